The molecule has 0 unspecified atom stereocenters. The minimum absolute atomic E-state index is 0.0788. The van der Waals surface area contributed by atoms with E-state index < -0.39 is 190 Å². The summed E-state index contributed by atoms with van der Waals surface area (Å²) in [4.78, 5) is 14.6. The summed E-state index contributed by atoms with van der Waals surface area (Å²) in [7, 11) is 0. The third kappa shape index (κ3) is 7.96. The lowest BCUT2D eigenvalue weighted by molar-refractivity contribution is -0.228. The molecular formula is C46H36F10N4O10. The van der Waals surface area contributed by atoms with Gasteiger partial charge in [-0.15, -0.1) is 0 Å². The van der Waals surface area contributed by atoms with E-state index in [1.54, 1.807) is 0 Å². The van der Waals surface area contributed by atoms with Gasteiger partial charge in [-0.1, -0.05) is 0 Å². The SMILES string of the molecule is OC[C@H]1O[C@H](Cc2c3nc(c(-c4c(F)c(F)c(F)c(F)c4F)c4ccc([nH]4)c(C[C@H]4O[C@H](CO)[C@H](O)[C@H](O)[C@H]4O)c4ccc([nH]4)c(-c4c(F)c(F)c(F)c(F)c4F)c4nc2C=C4)C=C3)[C@H](O)[C@@H](O)[C@H]1O. The molecule has 4 aliphatic heterocycles. The molecule has 3 aromatic heterocycles. The molecule has 70 heavy (non-hydrogen) atoms. The Bertz CT molecular complexity index is 2960. The Morgan fingerprint density at radius 2 is 0.671 bits per heavy atom. The number of aromatic amines is 2. The molecule has 0 aliphatic carbocycles. The number of fused-ring (bicyclic) bond motifs is 8. The van der Waals surface area contributed by atoms with Crippen LogP contribution in [0.25, 0.3) is 68.6 Å². The van der Waals surface area contributed by atoms with Crippen molar-refractivity contribution in [1.29, 1.82) is 0 Å². The molecule has 2 aromatic carbocycles. The zero-order chi connectivity index (χ0) is 50.4. The maximum atomic E-state index is 16.0. The molecule has 10 N–H and O–H groups in total. The number of hydrogen-bond acceptors (Lipinski definition) is 12. The van der Waals surface area contributed by atoms with Crippen molar-refractivity contribution in [3.63, 3.8) is 0 Å². The third-order valence-corrected chi connectivity index (χ3v) is 12.7. The number of nitrogens with zero attached hydrogens (tertiary/aromatic N) is 2. The van der Waals surface area contributed by atoms with Crippen molar-refractivity contribution in [3.8, 4) is 22.3 Å². The summed E-state index contributed by atoms with van der Waals surface area (Å²) in [5.41, 5.74) is -7.41. The molecule has 5 aromatic rings. The number of halogens is 10. The van der Waals surface area contributed by atoms with Crippen molar-refractivity contribution >= 4 is 46.4 Å². The normalized spacial score (nSPS) is 25.6. The topological polar surface area (TPSA) is 238 Å². The molecule has 0 saturated carbocycles. The summed E-state index contributed by atoms with van der Waals surface area (Å²) in [6.45, 7) is -1.76. The van der Waals surface area contributed by atoms with Crippen molar-refractivity contribution < 1.29 is 94.2 Å². The van der Waals surface area contributed by atoms with Crippen LogP contribution in [0.15, 0.2) is 24.3 Å². The van der Waals surface area contributed by atoms with Gasteiger partial charge in [0, 0.05) is 57.2 Å². The van der Waals surface area contributed by atoms with Crippen molar-refractivity contribution in [3.05, 3.63) is 116 Å². The molecule has 8 bridgehead atoms. The van der Waals surface area contributed by atoms with Gasteiger partial charge in [-0.25, -0.2) is 53.9 Å². The van der Waals surface area contributed by atoms with E-state index >= 15 is 35.1 Å². The molecule has 4 aliphatic rings. The molecule has 10 atom stereocenters. The van der Waals surface area contributed by atoms with E-state index in [0.29, 0.717) is 0 Å². The highest BCUT2D eigenvalue weighted by molar-refractivity contribution is 5.95. The minimum atomic E-state index is -2.50. The summed E-state index contributed by atoms with van der Waals surface area (Å²) < 4.78 is 165. The monoisotopic (exact) mass is 994 g/mol. The van der Waals surface area contributed by atoms with Gasteiger partial charge in [0.1, 0.15) is 48.8 Å². The molecule has 2 fully saturated rings. The van der Waals surface area contributed by atoms with E-state index in [0.717, 1.165) is 36.4 Å². The first-order valence-corrected chi connectivity index (χ1v) is 21.1. The second kappa shape index (κ2) is 18.6. The van der Waals surface area contributed by atoms with E-state index in [9.17, 15) is 49.6 Å². The molecule has 0 radical (unpaired) electrons. The van der Waals surface area contributed by atoms with E-state index in [1.807, 2.05) is 0 Å². The summed E-state index contributed by atoms with van der Waals surface area (Å²) >= 11 is 0. The van der Waals surface area contributed by atoms with Crippen LogP contribution in [-0.2, 0) is 22.3 Å². The Labute approximate surface area is 385 Å². The molecule has 24 heteroatoms. The van der Waals surface area contributed by atoms with Gasteiger partial charge in [-0.05, 0) is 48.6 Å². The second-order valence-corrected chi connectivity index (χ2v) is 16.7. The molecular weight excluding hydrogens is 959 g/mol. The highest BCUT2D eigenvalue weighted by atomic mass is 19.2. The van der Waals surface area contributed by atoms with E-state index in [4.69, 9.17) is 9.47 Å². The van der Waals surface area contributed by atoms with Gasteiger partial charge in [0.05, 0.1) is 59.3 Å². The van der Waals surface area contributed by atoms with Gasteiger partial charge in [0.15, 0.2) is 46.5 Å². The van der Waals surface area contributed by atoms with Gasteiger partial charge >= 0.3 is 0 Å². The van der Waals surface area contributed by atoms with Gasteiger partial charge in [0.25, 0.3) is 0 Å². The number of benzene rings is 2. The van der Waals surface area contributed by atoms with Crippen molar-refractivity contribution in [2.75, 3.05) is 13.2 Å². The number of aromatic nitrogens is 4. The molecule has 14 nitrogen and oxygen atoms in total. The van der Waals surface area contributed by atoms with Crippen molar-refractivity contribution in [2.45, 2.75) is 73.9 Å². The summed E-state index contributed by atoms with van der Waals surface area (Å²) in [5.74, 6) is -23.6. The van der Waals surface area contributed by atoms with Gasteiger partial charge in [-0.2, -0.15) is 0 Å². The highest BCUT2D eigenvalue weighted by Crippen LogP contribution is 2.41. The van der Waals surface area contributed by atoms with Crippen molar-refractivity contribution in [1.82, 2.24) is 19.9 Å². The summed E-state index contributed by atoms with van der Waals surface area (Å²) in [6.07, 6.45) is -14.2. The van der Waals surface area contributed by atoms with Crippen LogP contribution in [0.3, 0.4) is 0 Å². The lowest BCUT2D eigenvalue weighted by Gasteiger charge is -2.40. The Balaban J connectivity index is 1.43. The number of aliphatic hydroxyl groups excluding tert-OH is 8. The maximum absolute atomic E-state index is 16.0. The average Bonchev–Trinajstić information content (AvgIpc) is 4.21. The fraction of sp³-hybridized carbons (Fsp3) is 0.304. The fourth-order valence-electron chi connectivity index (χ4n) is 9.03. The van der Waals surface area contributed by atoms with E-state index in [1.165, 1.54) is 12.1 Å². The van der Waals surface area contributed by atoms with Crippen molar-refractivity contribution in [2.24, 2.45) is 0 Å². The standard InChI is InChI=1S/C46H36F10N4O10/c47-31-29(32(48)36(52)39(55)35(31)51)27-19-5-1-15(57-19)13(9-23-41(63)45(67)43(65)25(11-61)69-23)16-2-6-21(58-16)28(30-33(49)37(53)40(56)38(54)34(30)50)22-8-4-18(60-22)14(17-3-7-20(27)59-17)10-24-42(64)46(68)44(66)26(12-62)70-24/h1-8,23-26,41-46,57-58,61-68H,9-12H2/t23-,24-,25-,26-,41+,42+,43+,44+,45-,46-/m1/s1. The number of hydrogen-bond donors (Lipinski definition) is 10. The zero-order valence-corrected chi connectivity index (χ0v) is 35.3. The van der Waals surface area contributed by atoms with Crippen LogP contribution in [0.2, 0.25) is 0 Å². The van der Waals surface area contributed by atoms with Gasteiger partial charge in [0.2, 0.25) is 11.6 Å². The number of nitrogens with one attached hydrogen (secondary N) is 2. The second-order valence-electron chi connectivity index (χ2n) is 16.7. The quantitative estimate of drug-likeness (QED) is 0.0588. The average molecular weight is 995 g/mol. The fourth-order valence-corrected chi connectivity index (χ4v) is 9.03. The first-order chi connectivity index (χ1) is 33.3. The number of H-pyrrole nitrogens is 2. The van der Waals surface area contributed by atoms with E-state index in [-0.39, 0.29) is 33.5 Å². The zero-order valence-electron chi connectivity index (χ0n) is 35.3. The lowest BCUT2D eigenvalue weighted by Crippen LogP contribution is -2.59. The largest absolute Gasteiger partial charge is 0.394 e. The Morgan fingerprint density at radius 3 is 1.03 bits per heavy atom. The molecule has 2 saturated heterocycles. The molecule has 0 amide bonds. The smallest absolute Gasteiger partial charge is 0.200 e. The molecule has 7 heterocycles. The predicted molar refractivity (Wildman–Crippen MR) is 224 cm³/mol. The van der Waals surface area contributed by atoms with Crippen LogP contribution >= 0.6 is 0 Å². The first-order valence-electron chi connectivity index (χ1n) is 21.1. The van der Waals surface area contributed by atoms with Gasteiger partial charge in [-0.3, -0.25) is 0 Å². The van der Waals surface area contributed by atoms with Crippen LogP contribution in [0, 0.1) is 58.2 Å². The molecule has 370 valence electrons. The number of ether oxygens (including phenoxy) is 2. The lowest BCUT2D eigenvalue weighted by atomic mass is 9.91. The number of aliphatic hydroxyl groups is 8. The Kier molecular flexibility index (Phi) is 13.0. The Morgan fingerprint density at radius 1 is 0.371 bits per heavy atom. The summed E-state index contributed by atoms with van der Waals surface area (Å²) in [5, 5.41) is 84.3. The summed E-state index contributed by atoms with van der Waals surface area (Å²) in [6, 6.07) is 4.64. The highest BCUT2D eigenvalue weighted by Gasteiger charge is 2.45. The predicted octanol–water partition coefficient (Wildman–Crippen LogP) is 4.15. The Hall–Kier alpha value is -6.06. The first kappa shape index (κ1) is 48.9. The maximum Gasteiger partial charge on any atom is 0.200 e. The minimum Gasteiger partial charge on any atom is -0.394 e. The number of rotatable bonds is 8. The van der Waals surface area contributed by atoms with Crippen LogP contribution in [0.4, 0.5) is 43.9 Å². The third-order valence-electron chi connectivity index (χ3n) is 12.7. The molecule has 9 rings (SSSR count). The van der Waals surface area contributed by atoms with Crippen LogP contribution < -0.4 is 0 Å². The molecule has 0 spiro atoms. The van der Waals surface area contributed by atoms with Crippen LogP contribution in [0.1, 0.15) is 33.9 Å². The van der Waals surface area contributed by atoms with Gasteiger partial charge < -0.3 is 60.3 Å². The van der Waals surface area contributed by atoms with E-state index in [2.05, 4.69) is 19.9 Å². The van der Waals surface area contributed by atoms with Crippen LogP contribution in [-0.4, -0.2) is 135 Å². The van der Waals surface area contributed by atoms with Crippen LogP contribution in [0.5, 0.6) is 0 Å².